The third kappa shape index (κ3) is 6.11. The van der Waals surface area contributed by atoms with Crippen LogP contribution in [-0.4, -0.2) is 66.0 Å². The average Bonchev–Trinajstić information content (AvgIpc) is 3.73. The van der Waals surface area contributed by atoms with Crippen molar-refractivity contribution >= 4 is 50.9 Å². The minimum Gasteiger partial charge on any atom is -0.481 e. The van der Waals surface area contributed by atoms with E-state index in [0.29, 0.717) is 42.6 Å². The Morgan fingerprint density at radius 1 is 0.918 bits per heavy atom. The SMILES string of the molecule is C=CC1=C(C)c2cc3[nH]c(cc4nc(cc5[nH]c(cc1n2)c(C)c5CCC(=O)O)C(CCC(=O)CO)=C4C)[C@]1(C)CC(C(=O)CO)=CCC31. The second kappa shape index (κ2) is 13.2. The molecule has 6 rings (SSSR count). The summed E-state index contributed by atoms with van der Waals surface area (Å²) in [5.41, 5.74) is 11.7. The highest BCUT2D eigenvalue weighted by Crippen LogP contribution is 2.52. The number of nitrogens with one attached hydrogen (secondary N) is 2. The minimum absolute atomic E-state index is 0.00733. The molecule has 0 fully saturated rings. The standard InChI is InChI=1S/C39H42N4O6/c1-6-25-20(2)30-14-35-28-11-7-23(36(47)19-45)17-39(28,5)37(43-35)16-31-22(4)26(9-8-24(46)18-44)33(42-31)15-34-27(10-12-38(48)49)21(3)29(41-34)13-32(25)40-30/h6-7,13-16,28,41,43-45H,1,8-12,17-19H2,2-5H3,(H,48,49)/t28?,39-/m1/s1. The second-order valence-corrected chi connectivity index (χ2v) is 13.5. The number of rotatable bonds is 10. The lowest BCUT2D eigenvalue weighted by Gasteiger charge is -2.36. The van der Waals surface area contributed by atoms with E-state index in [1.54, 1.807) is 6.08 Å². The zero-order valence-corrected chi connectivity index (χ0v) is 28.4. The molecule has 0 radical (unpaired) electrons. The third-order valence-corrected chi connectivity index (χ3v) is 10.6. The molecule has 2 aromatic heterocycles. The van der Waals surface area contributed by atoms with Crippen molar-refractivity contribution in [1.29, 1.82) is 0 Å². The van der Waals surface area contributed by atoms with Crippen LogP contribution in [0.3, 0.4) is 0 Å². The molecule has 5 heterocycles. The minimum atomic E-state index is -0.898. The molecule has 10 heteroatoms. The van der Waals surface area contributed by atoms with Crippen LogP contribution in [0.1, 0.15) is 104 Å². The number of aryl methyl sites for hydroxylation is 2. The highest BCUT2D eigenvalue weighted by Gasteiger charge is 2.45. The number of aromatic amines is 2. The first-order valence-corrected chi connectivity index (χ1v) is 16.6. The number of carboxylic acid groups (broad SMARTS) is 1. The normalized spacial score (nSPS) is 19.4. The summed E-state index contributed by atoms with van der Waals surface area (Å²) in [5, 5.41) is 28.7. The van der Waals surface area contributed by atoms with Crippen LogP contribution in [-0.2, 0) is 26.2 Å². The summed E-state index contributed by atoms with van der Waals surface area (Å²) in [4.78, 5) is 54.0. The van der Waals surface area contributed by atoms with Gasteiger partial charge in [0.25, 0.3) is 0 Å². The highest BCUT2D eigenvalue weighted by atomic mass is 16.4. The number of Topliss-reactive ketones (excluding diaryl/α,β-unsaturated/α-hetero) is 2. The largest absolute Gasteiger partial charge is 0.481 e. The van der Waals surface area contributed by atoms with Gasteiger partial charge < -0.3 is 25.3 Å². The van der Waals surface area contributed by atoms with Crippen molar-refractivity contribution in [2.45, 2.75) is 77.6 Å². The van der Waals surface area contributed by atoms with Gasteiger partial charge in [-0.3, -0.25) is 14.4 Å². The van der Waals surface area contributed by atoms with Crippen molar-refractivity contribution in [1.82, 2.24) is 19.9 Å². The van der Waals surface area contributed by atoms with Crippen LogP contribution in [0.4, 0.5) is 0 Å². The number of allylic oxidation sites excluding steroid dienone is 6. The summed E-state index contributed by atoms with van der Waals surface area (Å²) in [6, 6.07) is 7.98. The summed E-state index contributed by atoms with van der Waals surface area (Å²) in [7, 11) is 0. The summed E-state index contributed by atoms with van der Waals surface area (Å²) in [6.45, 7) is 11.1. The Morgan fingerprint density at radius 2 is 1.63 bits per heavy atom. The van der Waals surface area contributed by atoms with Crippen molar-refractivity contribution in [2.75, 3.05) is 13.2 Å². The molecule has 0 saturated carbocycles. The van der Waals surface area contributed by atoms with Gasteiger partial charge in [-0.2, -0.15) is 0 Å². The van der Waals surface area contributed by atoms with Gasteiger partial charge in [0.2, 0.25) is 0 Å². The second-order valence-electron chi connectivity index (χ2n) is 13.5. The van der Waals surface area contributed by atoms with E-state index in [1.165, 1.54) is 0 Å². The van der Waals surface area contributed by atoms with E-state index >= 15 is 0 Å². The van der Waals surface area contributed by atoms with Crippen molar-refractivity contribution in [3.63, 3.8) is 0 Å². The maximum atomic E-state index is 12.7. The Morgan fingerprint density at radius 3 is 2.33 bits per heavy atom. The summed E-state index contributed by atoms with van der Waals surface area (Å²) >= 11 is 0. The van der Waals surface area contributed by atoms with Gasteiger partial charge in [-0.15, -0.1) is 0 Å². The molecule has 0 aromatic carbocycles. The molecular formula is C39H42N4O6. The summed E-state index contributed by atoms with van der Waals surface area (Å²) < 4.78 is 0. The van der Waals surface area contributed by atoms with Crippen LogP contribution < -0.4 is 0 Å². The van der Waals surface area contributed by atoms with E-state index in [9.17, 15) is 29.7 Å². The molecule has 8 bridgehead atoms. The number of carbonyl (C=O) groups is 3. The molecule has 4 aliphatic rings. The van der Waals surface area contributed by atoms with Crippen molar-refractivity contribution in [2.24, 2.45) is 0 Å². The third-order valence-electron chi connectivity index (χ3n) is 10.6. The molecule has 254 valence electrons. The lowest BCUT2D eigenvalue weighted by atomic mass is 9.66. The van der Waals surface area contributed by atoms with Gasteiger partial charge >= 0.3 is 5.97 Å². The molecule has 49 heavy (non-hydrogen) atoms. The predicted octanol–water partition coefficient (Wildman–Crippen LogP) is 6.07. The molecule has 3 aliphatic heterocycles. The number of nitrogens with zero attached hydrogens (tertiary/aromatic N) is 2. The topological polar surface area (TPSA) is 169 Å². The molecule has 5 N–H and O–H groups in total. The van der Waals surface area contributed by atoms with Crippen molar-refractivity contribution in [3.05, 3.63) is 93.9 Å². The monoisotopic (exact) mass is 662 g/mol. The number of fused-ring (bicyclic) bond motifs is 11. The maximum absolute atomic E-state index is 12.7. The van der Waals surface area contributed by atoms with Crippen molar-refractivity contribution in [3.8, 4) is 0 Å². The molecule has 2 atom stereocenters. The number of aliphatic hydroxyl groups is 2. The fourth-order valence-electron chi connectivity index (χ4n) is 7.62. The quantitative estimate of drug-likeness (QED) is 0.204. The molecular weight excluding hydrogens is 620 g/mol. The van der Waals surface area contributed by atoms with Crippen LogP contribution in [0, 0.1) is 6.92 Å². The van der Waals surface area contributed by atoms with E-state index in [2.05, 4.69) is 29.5 Å². The molecule has 0 saturated heterocycles. The first kappa shape index (κ1) is 34.0. The molecule has 10 nitrogen and oxygen atoms in total. The molecule has 1 aliphatic carbocycles. The van der Waals surface area contributed by atoms with Crippen LogP contribution in [0.5, 0.6) is 0 Å². The number of aliphatic carboxylic acids is 1. The van der Waals surface area contributed by atoms with Crippen LogP contribution in [0.15, 0.2) is 48.6 Å². The van der Waals surface area contributed by atoms with Gasteiger partial charge in [-0.1, -0.05) is 25.7 Å². The van der Waals surface area contributed by atoms with E-state index in [4.69, 9.17) is 9.97 Å². The number of aromatic nitrogens is 4. The Bertz CT molecular complexity index is 2090. The smallest absolute Gasteiger partial charge is 0.303 e. The zero-order chi connectivity index (χ0) is 35.2. The number of H-pyrrole nitrogens is 2. The highest BCUT2D eigenvalue weighted by molar-refractivity contribution is 5.98. The van der Waals surface area contributed by atoms with E-state index in [-0.39, 0.29) is 30.3 Å². The number of hydrogen-bond acceptors (Lipinski definition) is 7. The Labute approximate surface area is 284 Å². The van der Waals surface area contributed by atoms with Gasteiger partial charge in [0.05, 0.1) is 22.8 Å². The summed E-state index contributed by atoms with van der Waals surface area (Å²) in [6.07, 6.45) is 5.54. The number of hydrogen-bond donors (Lipinski definition) is 5. The lowest BCUT2D eigenvalue weighted by Crippen LogP contribution is -2.32. The van der Waals surface area contributed by atoms with Crippen LogP contribution in [0.25, 0.3) is 33.3 Å². The lowest BCUT2D eigenvalue weighted by molar-refractivity contribution is -0.137. The van der Waals surface area contributed by atoms with Crippen LogP contribution in [0.2, 0.25) is 0 Å². The van der Waals surface area contributed by atoms with Gasteiger partial charge in [0.1, 0.15) is 13.2 Å². The molecule has 2 aromatic rings. The van der Waals surface area contributed by atoms with E-state index in [0.717, 1.165) is 67.2 Å². The number of carboxylic acids is 1. The van der Waals surface area contributed by atoms with E-state index in [1.807, 2.05) is 45.0 Å². The molecule has 0 amide bonds. The fourth-order valence-corrected chi connectivity index (χ4v) is 7.62. The number of carbonyl (C=O) groups excluding carboxylic acids is 2. The molecule has 0 spiro atoms. The average molecular weight is 663 g/mol. The van der Waals surface area contributed by atoms with E-state index < -0.39 is 24.6 Å². The first-order valence-electron chi connectivity index (χ1n) is 16.6. The number of aliphatic hydroxyl groups excluding tert-OH is 2. The maximum Gasteiger partial charge on any atom is 0.303 e. The van der Waals surface area contributed by atoms with Crippen molar-refractivity contribution < 1.29 is 29.7 Å². The fraction of sp³-hybridized carbons (Fsp3) is 0.359. The Hall–Kier alpha value is -4.93. The zero-order valence-electron chi connectivity index (χ0n) is 28.4. The van der Waals surface area contributed by atoms with Gasteiger partial charge in [0.15, 0.2) is 11.6 Å². The predicted molar refractivity (Wildman–Crippen MR) is 189 cm³/mol. The summed E-state index contributed by atoms with van der Waals surface area (Å²) in [5.74, 6) is -1.45. The first-order chi connectivity index (χ1) is 23.4. The number of ketones is 2. The van der Waals surface area contributed by atoms with Gasteiger partial charge in [0, 0.05) is 52.2 Å². The van der Waals surface area contributed by atoms with Gasteiger partial charge in [-0.25, -0.2) is 9.97 Å². The Kier molecular flexibility index (Phi) is 9.13. The van der Waals surface area contributed by atoms with Gasteiger partial charge in [-0.05, 0) is 104 Å². The Balaban J connectivity index is 1.70. The molecule has 1 unspecified atom stereocenters. The van der Waals surface area contributed by atoms with Crippen LogP contribution >= 0.6 is 0 Å².